The molecule has 1 aromatic carbocycles. The first-order valence-corrected chi connectivity index (χ1v) is 11.3. The molecule has 1 aliphatic carbocycles. The Bertz CT molecular complexity index is 1340. The smallest absolute Gasteiger partial charge is 0.176 e. The number of para-hydroxylation sites is 2. The number of imidazole rings is 1. The summed E-state index contributed by atoms with van der Waals surface area (Å²) in [4.78, 5) is 22.4. The Morgan fingerprint density at radius 2 is 2.00 bits per heavy atom. The molecule has 3 aromatic rings. The van der Waals surface area contributed by atoms with Crippen LogP contribution in [0, 0.1) is 5.41 Å². The summed E-state index contributed by atoms with van der Waals surface area (Å²) in [5, 5.41) is 1.50. The zero-order valence-corrected chi connectivity index (χ0v) is 19.1. The van der Waals surface area contributed by atoms with Crippen molar-refractivity contribution in [3.63, 3.8) is 0 Å². The molecule has 164 valence electrons. The lowest BCUT2D eigenvalue weighted by atomic mass is 9.70. The summed E-state index contributed by atoms with van der Waals surface area (Å²) in [6.45, 7) is 4.14. The fraction of sp³-hybridized carbons (Fsp3) is 0.292. The number of benzene rings is 1. The second kappa shape index (κ2) is 7.41. The number of ketones is 1. The molecule has 7 nitrogen and oxygen atoms in total. The number of aliphatic imine (C=N–C) groups is 1. The number of aromatic nitrogens is 2. The number of carbonyl (C=O) groups excluding carboxylic acids is 1. The molecule has 0 fully saturated rings. The number of nitrogens with zero attached hydrogens (tertiary/aromatic N) is 3. The average molecular weight is 448 g/mol. The topological polar surface area (TPSA) is 112 Å². The number of nitrogens with two attached hydrogens (primary N) is 2. The van der Waals surface area contributed by atoms with E-state index in [2.05, 4.69) is 18.8 Å². The maximum absolute atomic E-state index is 13.1. The SMILES string of the molecule is Cn1c(Sc2ccc(C3C4=C(CC(C)(C)CC4=O)N=C(N)/C3=C\N)o2)nc2ccccc21. The Balaban J connectivity index is 1.53. The van der Waals surface area contributed by atoms with Gasteiger partial charge in [0, 0.05) is 30.8 Å². The molecule has 32 heavy (non-hydrogen) atoms. The molecule has 0 radical (unpaired) electrons. The van der Waals surface area contributed by atoms with Crippen molar-refractivity contribution >= 4 is 34.4 Å². The highest BCUT2D eigenvalue weighted by Gasteiger charge is 2.42. The molecule has 1 aliphatic heterocycles. The number of fused-ring (bicyclic) bond motifs is 1. The Morgan fingerprint density at radius 1 is 1.22 bits per heavy atom. The van der Waals surface area contributed by atoms with Gasteiger partial charge in [-0.25, -0.2) is 9.98 Å². The van der Waals surface area contributed by atoms with Gasteiger partial charge in [-0.1, -0.05) is 26.0 Å². The van der Waals surface area contributed by atoms with Gasteiger partial charge in [-0.3, -0.25) is 4.79 Å². The van der Waals surface area contributed by atoms with Crippen molar-refractivity contribution in [3.8, 4) is 0 Å². The van der Waals surface area contributed by atoms with Crippen LogP contribution < -0.4 is 11.5 Å². The molecule has 4 N–H and O–H groups in total. The first kappa shape index (κ1) is 20.6. The van der Waals surface area contributed by atoms with Gasteiger partial charge in [-0.05, 0) is 47.9 Å². The van der Waals surface area contributed by atoms with E-state index in [4.69, 9.17) is 20.9 Å². The molecule has 8 heteroatoms. The third-order valence-electron chi connectivity index (χ3n) is 6.05. The molecular formula is C24H25N5O2S. The molecular weight excluding hydrogens is 422 g/mol. The summed E-state index contributed by atoms with van der Waals surface area (Å²) in [5.41, 5.74) is 16.0. The highest BCUT2D eigenvalue weighted by molar-refractivity contribution is 7.99. The summed E-state index contributed by atoms with van der Waals surface area (Å²) >= 11 is 1.44. The highest BCUT2D eigenvalue weighted by Crippen LogP contribution is 2.47. The molecule has 0 amide bonds. The number of allylic oxidation sites excluding steroid dienone is 2. The van der Waals surface area contributed by atoms with Crippen molar-refractivity contribution in [3.05, 3.63) is 65.2 Å². The number of Topliss-reactive ketones (excluding diaryl/α,β-unsaturated/α-hetero) is 1. The van der Waals surface area contributed by atoms with E-state index < -0.39 is 5.92 Å². The van der Waals surface area contributed by atoms with Gasteiger partial charge in [0.25, 0.3) is 0 Å². The fourth-order valence-electron chi connectivity index (χ4n) is 4.57. The number of amidine groups is 1. The van der Waals surface area contributed by atoms with Crippen molar-refractivity contribution < 1.29 is 9.21 Å². The second-order valence-corrected chi connectivity index (χ2v) is 10.0. The number of furan rings is 1. The molecule has 0 saturated carbocycles. The quantitative estimate of drug-likeness (QED) is 0.620. The molecule has 0 bridgehead atoms. The van der Waals surface area contributed by atoms with Gasteiger partial charge in [-0.2, -0.15) is 0 Å². The van der Waals surface area contributed by atoms with Crippen molar-refractivity contribution in [2.75, 3.05) is 0 Å². The van der Waals surface area contributed by atoms with Crippen LogP contribution in [0.15, 0.2) is 79.1 Å². The summed E-state index contributed by atoms with van der Waals surface area (Å²) in [6.07, 6.45) is 2.57. The maximum Gasteiger partial charge on any atom is 0.176 e. The predicted octanol–water partition coefficient (Wildman–Crippen LogP) is 4.26. The molecule has 0 spiro atoms. The zero-order chi connectivity index (χ0) is 22.6. The van der Waals surface area contributed by atoms with Crippen LogP contribution >= 0.6 is 11.8 Å². The van der Waals surface area contributed by atoms with Crippen LogP contribution in [0.4, 0.5) is 0 Å². The minimum Gasteiger partial charge on any atom is -0.453 e. The van der Waals surface area contributed by atoms with E-state index in [1.54, 1.807) is 0 Å². The fourth-order valence-corrected chi connectivity index (χ4v) is 5.40. The Hall–Kier alpha value is -3.26. The minimum atomic E-state index is -0.453. The van der Waals surface area contributed by atoms with Crippen LogP contribution in [-0.4, -0.2) is 21.2 Å². The van der Waals surface area contributed by atoms with E-state index in [0.29, 0.717) is 40.7 Å². The van der Waals surface area contributed by atoms with Gasteiger partial charge >= 0.3 is 0 Å². The van der Waals surface area contributed by atoms with Gasteiger partial charge in [0.15, 0.2) is 16.0 Å². The van der Waals surface area contributed by atoms with Crippen LogP contribution in [-0.2, 0) is 11.8 Å². The second-order valence-electron chi connectivity index (χ2n) is 9.05. The average Bonchev–Trinajstić information content (AvgIpc) is 3.31. The zero-order valence-electron chi connectivity index (χ0n) is 18.3. The number of rotatable bonds is 3. The molecule has 1 atom stereocenters. The van der Waals surface area contributed by atoms with Crippen LogP contribution in [0.2, 0.25) is 0 Å². The molecule has 2 aliphatic rings. The van der Waals surface area contributed by atoms with Crippen molar-refractivity contribution in [1.82, 2.24) is 9.55 Å². The van der Waals surface area contributed by atoms with Gasteiger partial charge in [0.05, 0.1) is 22.6 Å². The summed E-state index contributed by atoms with van der Waals surface area (Å²) < 4.78 is 8.26. The van der Waals surface area contributed by atoms with Crippen molar-refractivity contribution in [2.45, 2.75) is 42.9 Å². The molecule has 1 unspecified atom stereocenters. The first-order valence-electron chi connectivity index (χ1n) is 10.5. The lowest BCUT2D eigenvalue weighted by Gasteiger charge is -2.36. The molecule has 0 saturated heterocycles. The van der Waals surface area contributed by atoms with Crippen LogP contribution in [0.25, 0.3) is 11.0 Å². The van der Waals surface area contributed by atoms with Crippen LogP contribution in [0.3, 0.4) is 0 Å². The van der Waals surface area contributed by atoms with E-state index in [-0.39, 0.29) is 11.2 Å². The number of aryl methyl sites for hydroxylation is 1. The number of hydrogen-bond donors (Lipinski definition) is 2. The summed E-state index contributed by atoms with van der Waals surface area (Å²) in [6, 6.07) is 11.8. The van der Waals surface area contributed by atoms with E-state index in [1.807, 2.05) is 48.0 Å². The normalized spacial score (nSPS) is 21.8. The van der Waals surface area contributed by atoms with Crippen LogP contribution in [0.1, 0.15) is 38.4 Å². The van der Waals surface area contributed by atoms with E-state index >= 15 is 0 Å². The lowest BCUT2D eigenvalue weighted by molar-refractivity contribution is -0.118. The molecule has 2 aromatic heterocycles. The van der Waals surface area contributed by atoms with Gasteiger partial charge < -0.3 is 20.5 Å². The molecule has 3 heterocycles. The molecule has 5 rings (SSSR count). The Kier molecular flexibility index (Phi) is 4.78. The highest BCUT2D eigenvalue weighted by atomic mass is 32.2. The van der Waals surface area contributed by atoms with Crippen molar-refractivity contribution in [2.24, 2.45) is 28.9 Å². The van der Waals surface area contributed by atoms with Crippen LogP contribution in [0.5, 0.6) is 0 Å². The van der Waals surface area contributed by atoms with Gasteiger partial charge in [0.2, 0.25) is 0 Å². The largest absolute Gasteiger partial charge is 0.453 e. The monoisotopic (exact) mass is 447 g/mol. The standard InChI is InChI=1S/C24H25N5O2S/c1-24(2)10-15-21(17(30)11-24)20(13(12-25)22(26)27-15)18-8-9-19(31-18)32-23-28-14-6-4-5-7-16(14)29(23)3/h4-9,12,20H,10-11,25H2,1-3H3,(H2,26,27)/b13-12-. The summed E-state index contributed by atoms with van der Waals surface area (Å²) in [5.74, 6) is 0.577. The third-order valence-corrected chi connectivity index (χ3v) is 7.02. The van der Waals surface area contributed by atoms with Gasteiger partial charge in [0.1, 0.15) is 11.6 Å². The maximum atomic E-state index is 13.1. The van der Waals surface area contributed by atoms with Gasteiger partial charge in [-0.15, -0.1) is 0 Å². The Labute approximate surface area is 190 Å². The predicted molar refractivity (Wildman–Crippen MR) is 125 cm³/mol. The first-order chi connectivity index (χ1) is 15.3. The summed E-state index contributed by atoms with van der Waals surface area (Å²) in [7, 11) is 1.98. The number of hydrogen-bond acceptors (Lipinski definition) is 7. The van der Waals surface area contributed by atoms with E-state index in [9.17, 15) is 4.79 Å². The lowest BCUT2D eigenvalue weighted by Crippen LogP contribution is -2.35. The van der Waals surface area contributed by atoms with E-state index in [1.165, 1.54) is 18.0 Å². The van der Waals surface area contributed by atoms with E-state index in [0.717, 1.165) is 21.9 Å². The van der Waals surface area contributed by atoms with Crippen molar-refractivity contribution in [1.29, 1.82) is 0 Å². The number of carbonyl (C=O) groups is 1. The third kappa shape index (κ3) is 3.35. The minimum absolute atomic E-state index is 0.0674. The Morgan fingerprint density at radius 3 is 2.75 bits per heavy atom.